The fraction of sp³-hybridized carbons (Fsp3) is 0.250. The number of amides is 1. The first-order chi connectivity index (χ1) is 17.1. The number of anilines is 2. The summed E-state index contributed by atoms with van der Waals surface area (Å²) in [4.78, 5) is 34.5. The first-order valence-corrected chi connectivity index (χ1v) is 12.0. The Labute approximate surface area is 204 Å². The Morgan fingerprint density at radius 1 is 1.03 bits per heavy atom. The predicted octanol–water partition coefficient (Wildman–Crippen LogP) is 4.37. The Hall–Kier alpha value is -3.97. The number of aryl methyl sites for hydroxylation is 1. The van der Waals surface area contributed by atoms with Crippen LogP contribution in [0.5, 0.6) is 0 Å². The van der Waals surface area contributed by atoms with Crippen LogP contribution in [0.3, 0.4) is 0 Å². The van der Waals surface area contributed by atoms with Crippen LogP contribution in [0, 0.1) is 6.92 Å². The van der Waals surface area contributed by atoms with Crippen LogP contribution in [-0.2, 0) is 13.1 Å². The molecule has 1 amide bonds. The SMILES string of the molecule is Cc1cc(=O)[nH]c2ccc(NC(=O)c3cc(CNCc4cccnc4)ccc3N3CCCC3)cc12. The van der Waals surface area contributed by atoms with Gasteiger partial charge in [0.15, 0.2) is 0 Å². The van der Waals surface area contributed by atoms with E-state index in [9.17, 15) is 9.59 Å². The maximum absolute atomic E-state index is 13.5. The normalized spacial score (nSPS) is 13.3. The Kier molecular flexibility index (Phi) is 6.59. The lowest BCUT2D eigenvalue weighted by Crippen LogP contribution is -2.23. The molecule has 0 saturated carbocycles. The van der Waals surface area contributed by atoms with Gasteiger partial charge in [0.2, 0.25) is 5.56 Å². The molecule has 5 rings (SSSR count). The predicted molar refractivity (Wildman–Crippen MR) is 140 cm³/mol. The third-order valence-electron chi connectivity index (χ3n) is 6.44. The van der Waals surface area contributed by atoms with Crippen molar-refractivity contribution in [2.45, 2.75) is 32.9 Å². The van der Waals surface area contributed by atoms with E-state index >= 15 is 0 Å². The van der Waals surface area contributed by atoms with Gasteiger partial charge >= 0.3 is 0 Å². The third kappa shape index (κ3) is 5.25. The van der Waals surface area contributed by atoms with E-state index in [1.807, 2.05) is 49.5 Å². The number of benzene rings is 2. The highest BCUT2D eigenvalue weighted by Gasteiger charge is 2.20. The molecule has 1 aliphatic heterocycles. The van der Waals surface area contributed by atoms with Crippen LogP contribution >= 0.6 is 0 Å². The fourth-order valence-corrected chi connectivity index (χ4v) is 4.66. The first kappa shape index (κ1) is 22.8. The molecule has 1 saturated heterocycles. The van der Waals surface area contributed by atoms with Crippen molar-refractivity contribution in [3.63, 3.8) is 0 Å². The Morgan fingerprint density at radius 2 is 1.86 bits per heavy atom. The molecule has 3 heterocycles. The summed E-state index contributed by atoms with van der Waals surface area (Å²) in [6, 6.07) is 17.3. The maximum Gasteiger partial charge on any atom is 0.257 e. The lowest BCUT2D eigenvalue weighted by Gasteiger charge is -2.22. The van der Waals surface area contributed by atoms with Gasteiger partial charge in [-0.05, 0) is 72.9 Å². The van der Waals surface area contributed by atoms with Gasteiger partial charge in [-0.3, -0.25) is 14.6 Å². The second kappa shape index (κ2) is 10.1. The van der Waals surface area contributed by atoms with Gasteiger partial charge in [-0.25, -0.2) is 0 Å². The lowest BCUT2D eigenvalue weighted by molar-refractivity contribution is 0.102. The lowest BCUT2D eigenvalue weighted by atomic mass is 10.1. The molecule has 7 nitrogen and oxygen atoms in total. The summed E-state index contributed by atoms with van der Waals surface area (Å²) in [7, 11) is 0. The molecule has 1 fully saturated rings. The van der Waals surface area contributed by atoms with E-state index in [-0.39, 0.29) is 11.5 Å². The second-order valence-electron chi connectivity index (χ2n) is 9.04. The van der Waals surface area contributed by atoms with Gasteiger partial charge in [0.25, 0.3) is 5.91 Å². The minimum atomic E-state index is -0.137. The number of carbonyl (C=O) groups is 1. The highest BCUT2D eigenvalue weighted by Crippen LogP contribution is 2.27. The van der Waals surface area contributed by atoms with Gasteiger partial charge in [0.1, 0.15) is 0 Å². The minimum Gasteiger partial charge on any atom is -0.371 e. The Morgan fingerprint density at radius 3 is 2.66 bits per heavy atom. The van der Waals surface area contributed by atoms with E-state index < -0.39 is 0 Å². The molecule has 178 valence electrons. The number of pyridine rings is 2. The molecular formula is C28H29N5O2. The van der Waals surface area contributed by atoms with Crippen molar-refractivity contribution in [1.82, 2.24) is 15.3 Å². The number of nitrogens with one attached hydrogen (secondary N) is 3. The van der Waals surface area contributed by atoms with Crippen LogP contribution < -0.4 is 21.1 Å². The highest BCUT2D eigenvalue weighted by molar-refractivity contribution is 6.09. The molecule has 0 radical (unpaired) electrons. The average Bonchev–Trinajstić information content (AvgIpc) is 3.40. The van der Waals surface area contributed by atoms with Gasteiger partial charge in [-0.1, -0.05) is 12.1 Å². The van der Waals surface area contributed by atoms with Gasteiger partial charge < -0.3 is 20.5 Å². The van der Waals surface area contributed by atoms with Crippen LogP contribution in [-0.4, -0.2) is 29.0 Å². The summed E-state index contributed by atoms with van der Waals surface area (Å²) < 4.78 is 0. The van der Waals surface area contributed by atoms with E-state index in [1.165, 1.54) is 0 Å². The topological polar surface area (TPSA) is 90.1 Å². The maximum atomic E-state index is 13.5. The number of fused-ring (bicyclic) bond motifs is 1. The average molecular weight is 468 g/mol. The second-order valence-corrected chi connectivity index (χ2v) is 9.04. The number of aromatic amines is 1. The first-order valence-electron chi connectivity index (χ1n) is 12.0. The van der Waals surface area contributed by atoms with Crippen LogP contribution in [0.2, 0.25) is 0 Å². The Balaban J connectivity index is 1.38. The van der Waals surface area contributed by atoms with Crippen LogP contribution in [0.25, 0.3) is 10.9 Å². The molecule has 0 bridgehead atoms. The van der Waals surface area contributed by atoms with E-state index in [0.29, 0.717) is 24.3 Å². The molecule has 35 heavy (non-hydrogen) atoms. The minimum absolute atomic E-state index is 0.129. The van der Waals surface area contributed by atoms with Crippen molar-refractivity contribution >= 4 is 28.2 Å². The molecule has 0 spiro atoms. The number of H-pyrrole nitrogens is 1. The van der Waals surface area contributed by atoms with Gasteiger partial charge in [0.05, 0.1) is 5.56 Å². The number of aromatic nitrogens is 2. The molecule has 0 atom stereocenters. The van der Waals surface area contributed by atoms with Crippen LogP contribution in [0.4, 0.5) is 11.4 Å². The zero-order valence-corrected chi connectivity index (χ0v) is 19.8. The molecule has 2 aromatic heterocycles. The highest BCUT2D eigenvalue weighted by atomic mass is 16.1. The quantitative estimate of drug-likeness (QED) is 0.375. The third-order valence-corrected chi connectivity index (χ3v) is 6.44. The number of carbonyl (C=O) groups excluding carboxylic acids is 1. The van der Waals surface area contributed by atoms with Crippen molar-refractivity contribution in [1.29, 1.82) is 0 Å². The number of hydrogen-bond donors (Lipinski definition) is 3. The standard InChI is InChI=1S/C28H29N5O2/c1-19-13-27(34)32-25-8-7-22(15-23(19)25)31-28(35)24-14-20(6-9-26(24)33-11-2-3-12-33)16-30-18-21-5-4-10-29-17-21/h4-10,13-15,17,30H,2-3,11-12,16,18H2,1H3,(H,31,35)(H,32,34). The van der Waals surface area contributed by atoms with Crippen LogP contribution in [0.1, 0.15) is 39.9 Å². The molecule has 1 aliphatic rings. The van der Waals surface area contributed by atoms with Crippen molar-refractivity contribution in [3.05, 3.63) is 99.6 Å². The Bertz CT molecular complexity index is 1410. The molecule has 3 N–H and O–H groups in total. The van der Waals surface area contributed by atoms with Crippen molar-refractivity contribution in [2.24, 2.45) is 0 Å². The summed E-state index contributed by atoms with van der Waals surface area (Å²) in [5, 5.41) is 7.43. The summed E-state index contributed by atoms with van der Waals surface area (Å²) in [6.07, 6.45) is 5.89. The molecule has 2 aromatic carbocycles. The van der Waals surface area contributed by atoms with Gasteiger partial charge in [-0.15, -0.1) is 0 Å². The smallest absolute Gasteiger partial charge is 0.257 e. The zero-order chi connectivity index (χ0) is 24.2. The number of hydrogen-bond acceptors (Lipinski definition) is 5. The van der Waals surface area contributed by atoms with Gasteiger partial charge in [0, 0.05) is 66.9 Å². The molecule has 4 aromatic rings. The summed E-state index contributed by atoms with van der Waals surface area (Å²) >= 11 is 0. The largest absolute Gasteiger partial charge is 0.371 e. The van der Waals surface area contributed by atoms with Crippen LogP contribution in [0.15, 0.2) is 71.8 Å². The van der Waals surface area contributed by atoms with Crippen molar-refractivity contribution in [3.8, 4) is 0 Å². The summed E-state index contributed by atoms with van der Waals surface area (Å²) in [6.45, 7) is 5.18. The van der Waals surface area contributed by atoms with E-state index in [2.05, 4.69) is 37.6 Å². The van der Waals surface area contributed by atoms with Crippen molar-refractivity contribution in [2.75, 3.05) is 23.3 Å². The molecule has 0 unspecified atom stereocenters. The summed E-state index contributed by atoms with van der Waals surface area (Å²) in [5.74, 6) is -0.137. The number of rotatable bonds is 7. The summed E-state index contributed by atoms with van der Waals surface area (Å²) in [5.41, 5.74) is 6.01. The molecule has 0 aliphatic carbocycles. The number of nitrogens with zero attached hydrogens (tertiary/aromatic N) is 2. The molecular weight excluding hydrogens is 438 g/mol. The fourth-order valence-electron chi connectivity index (χ4n) is 4.66. The van der Waals surface area contributed by atoms with Gasteiger partial charge in [-0.2, -0.15) is 0 Å². The van der Waals surface area contributed by atoms with E-state index in [0.717, 1.165) is 59.2 Å². The monoisotopic (exact) mass is 467 g/mol. The van der Waals surface area contributed by atoms with Crippen molar-refractivity contribution < 1.29 is 4.79 Å². The zero-order valence-electron chi connectivity index (χ0n) is 19.8. The van der Waals surface area contributed by atoms with E-state index in [4.69, 9.17) is 0 Å². The molecule has 7 heteroatoms. The van der Waals surface area contributed by atoms with E-state index in [1.54, 1.807) is 12.3 Å².